The Hall–Kier alpha value is -5.40. The number of non-ortho nitro benzene ring substituents is 1. The summed E-state index contributed by atoms with van der Waals surface area (Å²) in [6.45, 7) is 0. The highest BCUT2D eigenvalue weighted by Crippen LogP contribution is 2.30. The topological polar surface area (TPSA) is 189 Å². The average Bonchev–Trinajstić information content (AvgIpc) is 2.84. The van der Waals surface area contributed by atoms with Crippen LogP contribution in [0.1, 0.15) is 15.9 Å². The molecule has 0 aliphatic heterocycles. The van der Waals surface area contributed by atoms with Gasteiger partial charge in [-0.3, -0.25) is 35.8 Å². The number of rotatable bonds is 9. The quantitative estimate of drug-likeness (QED) is 0.153. The van der Waals surface area contributed by atoms with E-state index in [1.807, 2.05) is 0 Å². The number of nitrogens with zero attached hydrogens (tertiary/aromatic N) is 4. The van der Waals surface area contributed by atoms with Gasteiger partial charge in [0.05, 0.1) is 39.7 Å². The molecule has 0 amide bonds. The van der Waals surface area contributed by atoms with Gasteiger partial charge in [0.15, 0.2) is 0 Å². The number of carbonyl (C=O) groups is 1. The van der Waals surface area contributed by atoms with Crippen molar-refractivity contribution in [3.8, 4) is 11.5 Å². The fraction of sp³-hybridized carbons (Fsp3) is 0.0476. The molecular formula is C21H15N5O9. The van der Waals surface area contributed by atoms with Crippen molar-refractivity contribution in [2.45, 2.75) is 0 Å². The van der Waals surface area contributed by atoms with Crippen molar-refractivity contribution in [1.29, 1.82) is 0 Å². The molecule has 0 aliphatic carbocycles. The number of nitro benzene ring substituents is 3. The number of nitro groups is 3. The van der Waals surface area contributed by atoms with E-state index in [2.05, 4.69) is 10.5 Å². The van der Waals surface area contributed by atoms with Gasteiger partial charge in [-0.05, 0) is 42.5 Å². The number of hydrazone groups is 1. The molecule has 0 radical (unpaired) electrons. The second-order valence-electron chi connectivity index (χ2n) is 6.69. The second-order valence-corrected chi connectivity index (χ2v) is 6.69. The third kappa shape index (κ3) is 5.89. The molecule has 0 heterocycles. The highest BCUT2D eigenvalue weighted by Gasteiger charge is 2.21. The third-order valence-electron chi connectivity index (χ3n) is 4.50. The number of methoxy groups -OCH3 is 1. The number of nitrogens with one attached hydrogen (secondary N) is 1. The monoisotopic (exact) mass is 481 g/mol. The highest BCUT2D eigenvalue weighted by atomic mass is 16.6. The number of benzene rings is 3. The van der Waals surface area contributed by atoms with Gasteiger partial charge in [-0.2, -0.15) is 5.10 Å². The fourth-order valence-electron chi connectivity index (χ4n) is 2.79. The molecule has 1 N–H and O–H groups in total. The minimum atomic E-state index is -0.818. The molecule has 0 bridgehead atoms. The van der Waals surface area contributed by atoms with Crippen molar-refractivity contribution in [2.24, 2.45) is 5.10 Å². The Morgan fingerprint density at radius 1 is 0.886 bits per heavy atom. The molecule has 14 nitrogen and oxygen atoms in total. The van der Waals surface area contributed by atoms with Crippen LogP contribution in [0, 0.1) is 30.3 Å². The van der Waals surface area contributed by atoms with E-state index in [-0.39, 0.29) is 22.6 Å². The third-order valence-corrected chi connectivity index (χ3v) is 4.50. The van der Waals surface area contributed by atoms with Gasteiger partial charge < -0.3 is 9.47 Å². The number of carbonyl (C=O) groups excluding carboxylic acids is 1. The molecule has 35 heavy (non-hydrogen) atoms. The van der Waals surface area contributed by atoms with Crippen LogP contribution in [-0.4, -0.2) is 34.1 Å². The summed E-state index contributed by atoms with van der Waals surface area (Å²) < 4.78 is 10.2. The van der Waals surface area contributed by atoms with Crippen LogP contribution in [0.5, 0.6) is 11.5 Å². The van der Waals surface area contributed by atoms with Gasteiger partial charge in [-0.15, -0.1) is 0 Å². The van der Waals surface area contributed by atoms with Crippen molar-refractivity contribution >= 4 is 34.9 Å². The van der Waals surface area contributed by atoms with E-state index in [0.717, 1.165) is 30.5 Å². The Bertz CT molecular complexity index is 1340. The van der Waals surface area contributed by atoms with Gasteiger partial charge in [0, 0.05) is 17.7 Å². The molecule has 0 saturated heterocycles. The Labute approximate surface area is 195 Å². The summed E-state index contributed by atoms with van der Waals surface area (Å²) in [7, 11) is 1.46. The zero-order chi connectivity index (χ0) is 25.5. The van der Waals surface area contributed by atoms with Crippen molar-refractivity contribution in [2.75, 3.05) is 12.5 Å². The van der Waals surface area contributed by atoms with Crippen LogP contribution < -0.4 is 14.9 Å². The van der Waals surface area contributed by atoms with E-state index in [9.17, 15) is 35.1 Å². The number of hydrogen-bond acceptors (Lipinski definition) is 11. The lowest BCUT2D eigenvalue weighted by atomic mass is 10.2. The Kier molecular flexibility index (Phi) is 7.26. The first-order chi connectivity index (χ1) is 16.7. The van der Waals surface area contributed by atoms with Crippen molar-refractivity contribution in [3.63, 3.8) is 0 Å². The lowest BCUT2D eigenvalue weighted by molar-refractivity contribution is -0.393. The maximum atomic E-state index is 12.3. The van der Waals surface area contributed by atoms with Crippen molar-refractivity contribution < 1.29 is 29.0 Å². The summed E-state index contributed by atoms with van der Waals surface area (Å²) >= 11 is 0. The van der Waals surface area contributed by atoms with E-state index in [0.29, 0.717) is 5.75 Å². The molecule has 0 aromatic heterocycles. The zero-order valence-corrected chi connectivity index (χ0v) is 17.8. The summed E-state index contributed by atoms with van der Waals surface area (Å²) in [5.74, 6) is -0.597. The summed E-state index contributed by atoms with van der Waals surface area (Å²) in [4.78, 5) is 43.5. The van der Waals surface area contributed by atoms with Crippen LogP contribution in [-0.2, 0) is 0 Å². The first-order valence-corrected chi connectivity index (χ1v) is 9.56. The second kappa shape index (κ2) is 10.5. The summed E-state index contributed by atoms with van der Waals surface area (Å²) in [6.07, 6.45) is 1.13. The molecule has 0 atom stereocenters. The Morgan fingerprint density at radius 3 is 2.17 bits per heavy atom. The van der Waals surface area contributed by atoms with E-state index >= 15 is 0 Å². The number of ether oxygens (including phenoxy) is 2. The predicted molar refractivity (Wildman–Crippen MR) is 122 cm³/mol. The summed E-state index contributed by atoms with van der Waals surface area (Å²) in [5, 5.41) is 37.3. The van der Waals surface area contributed by atoms with E-state index in [4.69, 9.17) is 9.47 Å². The molecule has 3 rings (SSSR count). The average molecular weight is 481 g/mol. The molecule has 0 unspecified atom stereocenters. The molecule has 178 valence electrons. The molecule has 0 aliphatic rings. The van der Waals surface area contributed by atoms with E-state index < -0.39 is 37.8 Å². The van der Waals surface area contributed by atoms with Gasteiger partial charge in [-0.1, -0.05) is 0 Å². The lowest BCUT2D eigenvalue weighted by Gasteiger charge is -2.07. The number of esters is 1. The van der Waals surface area contributed by atoms with Gasteiger partial charge in [0.2, 0.25) is 5.75 Å². The van der Waals surface area contributed by atoms with Crippen LogP contribution in [0.4, 0.5) is 22.7 Å². The Balaban J connectivity index is 1.78. The highest BCUT2D eigenvalue weighted by molar-refractivity contribution is 5.92. The SMILES string of the molecule is COc1ccc(C(=O)Oc2ccc(/C=N/Nc3ccc([N+](=O)[O-])cc3[N+](=O)[O-])cc2[N+](=O)[O-])cc1. The van der Waals surface area contributed by atoms with E-state index in [1.165, 1.54) is 43.5 Å². The molecule has 0 spiro atoms. The van der Waals surface area contributed by atoms with Crippen LogP contribution in [0.15, 0.2) is 65.8 Å². The molecular weight excluding hydrogens is 466 g/mol. The molecule has 3 aromatic carbocycles. The normalized spacial score (nSPS) is 10.5. The minimum Gasteiger partial charge on any atom is -0.497 e. The predicted octanol–water partition coefficient (Wildman–Crippen LogP) is 4.09. The maximum Gasteiger partial charge on any atom is 0.343 e. The van der Waals surface area contributed by atoms with Gasteiger partial charge >= 0.3 is 17.3 Å². The molecule has 3 aromatic rings. The van der Waals surface area contributed by atoms with Gasteiger partial charge in [0.1, 0.15) is 11.4 Å². The maximum absolute atomic E-state index is 12.3. The Morgan fingerprint density at radius 2 is 1.57 bits per heavy atom. The standard InChI is InChI=1S/C21H15N5O9/c1-34-16-6-3-14(4-7-16)21(27)35-20-9-2-13(10-19(20)26(32)33)12-22-23-17-8-5-15(24(28)29)11-18(17)25(30)31/h2-12,23H,1H3/b22-12+. The van der Waals surface area contributed by atoms with E-state index in [1.54, 1.807) is 0 Å². The van der Waals surface area contributed by atoms with Crippen molar-refractivity contribution in [1.82, 2.24) is 0 Å². The number of anilines is 1. The largest absolute Gasteiger partial charge is 0.497 e. The van der Waals surface area contributed by atoms with Gasteiger partial charge in [-0.25, -0.2) is 4.79 Å². The molecule has 0 saturated carbocycles. The smallest absolute Gasteiger partial charge is 0.343 e. The first kappa shape index (κ1) is 24.2. The lowest BCUT2D eigenvalue weighted by Crippen LogP contribution is -2.10. The number of hydrogen-bond donors (Lipinski definition) is 1. The van der Waals surface area contributed by atoms with Crippen LogP contribution in [0.25, 0.3) is 0 Å². The zero-order valence-electron chi connectivity index (χ0n) is 17.8. The molecule has 0 fully saturated rings. The minimum absolute atomic E-state index is 0.128. The fourth-order valence-corrected chi connectivity index (χ4v) is 2.79. The van der Waals surface area contributed by atoms with Crippen molar-refractivity contribution in [3.05, 3.63) is 102 Å². The van der Waals surface area contributed by atoms with Crippen LogP contribution in [0.2, 0.25) is 0 Å². The summed E-state index contributed by atoms with van der Waals surface area (Å²) in [6, 6.07) is 12.6. The summed E-state index contributed by atoms with van der Waals surface area (Å²) in [5.41, 5.74) is 1.04. The van der Waals surface area contributed by atoms with Gasteiger partial charge in [0.25, 0.3) is 5.69 Å². The van der Waals surface area contributed by atoms with Crippen LogP contribution in [0.3, 0.4) is 0 Å². The molecule has 14 heteroatoms. The van der Waals surface area contributed by atoms with Crippen LogP contribution >= 0.6 is 0 Å². The first-order valence-electron chi connectivity index (χ1n) is 9.56.